The van der Waals surface area contributed by atoms with Crippen LogP contribution in [0.5, 0.6) is 0 Å². The van der Waals surface area contributed by atoms with E-state index < -0.39 is 0 Å². The van der Waals surface area contributed by atoms with Crippen molar-refractivity contribution in [1.82, 2.24) is 0 Å². The highest BCUT2D eigenvalue weighted by molar-refractivity contribution is 8.14. The highest BCUT2D eigenvalue weighted by atomic mass is 32.2. The van der Waals surface area contributed by atoms with E-state index in [0.29, 0.717) is 12.0 Å². The van der Waals surface area contributed by atoms with Crippen molar-refractivity contribution in [3.8, 4) is 0 Å². The first kappa shape index (κ1) is 11.0. The first-order chi connectivity index (χ1) is 7.25. The highest BCUT2D eigenvalue weighted by Gasteiger charge is 2.18. The summed E-state index contributed by atoms with van der Waals surface area (Å²) < 4.78 is 0. The second-order valence-corrected chi connectivity index (χ2v) is 5.88. The molecule has 2 nitrogen and oxygen atoms in total. The van der Waals surface area contributed by atoms with E-state index in [1.807, 2.05) is 11.8 Å². The Morgan fingerprint density at radius 3 is 3.07 bits per heavy atom. The van der Waals surface area contributed by atoms with E-state index in [1.165, 1.54) is 12.2 Å². The maximum atomic E-state index is 4.73. The van der Waals surface area contributed by atoms with Gasteiger partial charge in [0.25, 0.3) is 0 Å². The van der Waals surface area contributed by atoms with Crippen molar-refractivity contribution < 1.29 is 0 Å². The number of amidine groups is 1. The molecule has 2 rings (SSSR count). The molecular weight excluding hydrogens is 224 g/mol. The molecule has 1 aromatic rings. The molecule has 0 saturated heterocycles. The van der Waals surface area contributed by atoms with Crippen LogP contribution in [0.1, 0.15) is 20.3 Å². The molecule has 0 bridgehead atoms. The molecule has 15 heavy (non-hydrogen) atoms. The van der Waals surface area contributed by atoms with E-state index in [0.717, 1.165) is 10.9 Å². The topological polar surface area (TPSA) is 24.4 Å². The molecule has 0 aliphatic carbocycles. The van der Waals surface area contributed by atoms with Crippen LogP contribution >= 0.6 is 23.1 Å². The van der Waals surface area contributed by atoms with Crippen molar-refractivity contribution in [2.45, 2.75) is 26.3 Å². The lowest BCUT2D eigenvalue weighted by atomic mass is 10.0. The Morgan fingerprint density at radius 2 is 2.40 bits per heavy atom. The molecule has 0 amide bonds. The number of aliphatic imine (C=N–C) groups is 1. The summed E-state index contributed by atoms with van der Waals surface area (Å²) in [5.41, 5.74) is 1.16. The fourth-order valence-electron chi connectivity index (χ4n) is 1.54. The summed E-state index contributed by atoms with van der Waals surface area (Å²) in [7, 11) is 0. The number of rotatable bonds is 2. The number of nitrogens with one attached hydrogen (secondary N) is 1. The number of thioether (sulfide) groups is 1. The van der Waals surface area contributed by atoms with Crippen molar-refractivity contribution in [2.75, 3.05) is 11.1 Å². The quantitative estimate of drug-likeness (QED) is 0.853. The second kappa shape index (κ2) is 5.03. The van der Waals surface area contributed by atoms with Crippen molar-refractivity contribution >= 4 is 34.0 Å². The maximum Gasteiger partial charge on any atom is 0.161 e. The van der Waals surface area contributed by atoms with Gasteiger partial charge in [-0.2, -0.15) is 11.3 Å². The van der Waals surface area contributed by atoms with E-state index in [1.54, 1.807) is 11.3 Å². The number of hydrogen-bond donors (Lipinski definition) is 1. The molecule has 2 heterocycles. The third-order valence-corrected chi connectivity index (χ3v) is 4.08. The molecule has 82 valence electrons. The van der Waals surface area contributed by atoms with Gasteiger partial charge >= 0.3 is 0 Å². The molecule has 1 N–H and O–H groups in total. The second-order valence-electron chi connectivity index (χ2n) is 4.02. The van der Waals surface area contributed by atoms with Crippen molar-refractivity contribution in [2.24, 2.45) is 10.9 Å². The van der Waals surface area contributed by atoms with Gasteiger partial charge in [0.2, 0.25) is 0 Å². The molecule has 1 unspecified atom stereocenters. The van der Waals surface area contributed by atoms with Gasteiger partial charge in [-0.15, -0.1) is 0 Å². The van der Waals surface area contributed by atoms with Gasteiger partial charge in [0, 0.05) is 11.1 Å². The molecule has 0 saturated carbocycles. The number of thiophene rings is 1. The van der Waals surface area contributed by atoms with Gasteiger partial charge in [-0.05, 0) is 23.8 Å². The molecular formula is C11H16N2S2. The maximum absolute atomic E-state index is 4.73. The zero-order valence-electron chi connectivity index (χ0n) is 9.06. The summed E-state index contributed by atoms with van der Waals surface area (Å²) in [6, 6.07) is 2.58. The minimum atomic E-state index is 0.493. The van der Waals surface area contributed by atoms with Crippen LogP contribution in [0.4, 0.5) is 5.69 Å². The van der Waals surface area contributed by atoms with E-state index in [2.05, 4.69) is 36.0 Å². The van der Waals surface area contributed by atoms with Crippen LogP contribution in [0.25, 0.3) is 0 Å². The lowest BCUT2D eigenvalue weighted by Crippen LogP contribution is -2.23. The predicted molar refractivity (Wildman–Crippen MR) is 71.1 cm³/mol. The molecule has 4 heteroatoms. The SMILES string of the molecule is CC(C)C1CCSC(Nc2ccsc2)=N1. The van der Waals surface area contributed by atoms with E-state index >= 15 is 0 Å². The third-order valence-electron chi connectivity index (χ3n) is 2.48. The smallest absolute Gasteiger partial charge is 0.161 e. The largest absolute Gasteiger partial charge is 0.334 e. The molecule has 1 aromatic heterocycles. The lowest BCUT2D eigenvalue weighted by Gasteiger charge is -2.23. The summed E-state index contributed by atoms with van der Waals surface area (Å²) in [5.74, 6) is 1.82. The minimum absolute atomic E-state index is 0.493. The van der Waals surface area contributed by atoms with E-state index in [4.69, 9.17) is 4.99 Å². The molecule has 0 fully saturated rings. The highest BCUT2D eigenvalue weighted by Crippen LogP contribution is 2.24. The number of nitrogens with zero attached hydrogens (tertiary/aromatic N) is 1. The van der Waals surface area contributed by atoms with Crippen LogP contribution in [0.2, 0.25) is 0 Å². The average molecular weight is 240 g/mol. The number of anilines is 1. The van der Waals surface area contributed by atoms with E-state index in [-0.39, 0.29) is 0 Å². The molecule has 0 aromatic carbocycles. The Labute approximate surface area is 99.2 Å². The fourth-order valence-corrected chi connectivity index (χ4v) is 3.08. The fraction of sp³-hybridized carbons (Fsp3) is 0.545. The van der Waals surface area contributed by atoms with Gasteiger partial charge in [0.1, 0.15) is 0 Å². The summed E-state index contributed by atoms with van der Waals surface area (Å²) in [6.45, 7) is 4.48. The molecule has 1 aliphatic heterocycles. The van der Waals surface area contributed by atoms with Gasteiger partial charge in [-0.1, -0.05) is 25.6 Å². The standard InChI is InChI=1S/C11H16N2S2/c1-8(2)10-4-6-15-11(13-10)12-9-3-5-14-7-9/h3,5,7-8,10H,4,6H2,1-2H3,(H,12,13). The zero-order chi connectivity index (χ0) is 10.7. The van der Waals surface area contributed by atoms with Crippen LogP contribution in [0.3, 0.4) is 0 Å². The van der Waals surface area contributed by atoms with Crippen molar-refractivity contribution in [1.29, 1.82) is 0 Å². The summed E-state index contributed by atoms with van der Waals surface area (Å²) in [4.78, 5) is 4.73. The molecule has 1 atom stereocenters. The van der Waals surface area contributed by atoms with Crippen LogP contribution in [0.15, 0.2) is 21.8 Å². The zero-order valence-corrected chi connectivity index (χ0v) is 10.7. The Morgan fingerprint density at radius 1 is 1.53 bits per heavy atom. The molecule has 1 aliphatic rings. The normalized spacial score (nSPS) is 21.5. The monoisotopic (exact) mass is 240 g/mol. The van der Waals surface area contributed by atoms with Crippen LogP contribution in [0, 0.1) is 5.92 Å². The summed E-state index contributed by atoms with van der Waals surface area (Å²) in [6.07, 6.45) is 1.21. The van der Waals surface area contributed by atoms with Gasteiger partial charge in [0.15, 0.2) is 5.17 Å². The van der Waals surface area contributed by atoms with Gasteiger partial charge in [0.05, 0.1) is 11.7 Å². The average Bonchev–Trinajstić information content (AvgIpc) is 2.71. The number of hydrogen-bond acceptors (Lipinski definition) is 4. The first-order valence-electron chi connectivity index (χ1n) is 5.25. The molecule has 0 radical (unpaired) electrons. The van der Waals surface area contributed by atoms with Crippen LogP contribution in [-0.4, -0.2) is 17.0 Å². The van der Waals surface area contributed by atoms with Crippen LogP contribution in [-0.2, 0) is 0 Å². The first-order valence-corrected chi connectivity index (χ1v) is 7.18. The Hall–Kier alpha value is -0.480. The third kappa shape index (κ3) is 2.98. The van der Waals surface area contributed by atoms with Gasteiger partial charge < -0.3 is 5.32 Å². The summed E-state index contributed by atoms with van der Waals surface area (Å²) in [5, 5.41) is 8.64. The predicted octanol–water partition coefficient (Wildman–Crippen LogP) is 3.68. The Balaban J connectivity index is 2.02. The van der Waals surface area contributed by atoms with Crippen LogP contribution < -0.4 is 5.32 Å². The lowest BCUT2D eigenvalue weighted by molar-refractivity contribution is 0.485. The van der Waals surface area contributed by atoms with Crippen molar-refractivity contribution in [3.63, 3.8) is 0 Å². The van der Waals surface area contributed by atoms with E-state index in [9.17, 15) is 0 Å². The minimum Gasteiger partial charge on any atom is -0.334 e. The Bertz CT molecular complexity index is 330. The van der Waals surface area contributed by atoms with Crippen molar-refractivity contribution in [3.05, 3.63) is 16.8 Å². The van der Waals surface area contributed by atoms with Gasteiger partial charge in [-0.3, -0.25) is 4.99 Å². The molecule has 0 spiro atoms. The summed E-state index contributed by atoms with van der Waals surface area (Å²) >= 11 is 3.53. The van der Waals surface area contributed by atoms with Gasteiger partial charge in [-0.25, -0.2) is 0 Å². The Kier molecular flexibility index (Phi) is 3.70.